The zero-order valence-corrected chi connectivity index (χ0v) is 20.3. The summed E-state index contributed by atoms with van der Waals surface area (Å²) in [6.45, 7) is 12.2. The van der Waals surface area contributed by atoms with Crippen molar-refractivity contribution in [2.24, 2.45) is 0 Å². The van der Waals surface area contributed by atoms with Gasteiger partial charge in [0.05, 0.1) is 5.75 Å². The highest BCUT2D eigenvalue weighted by atomic mass is 35.5. The molecule has 3 aromatic rings. The Morgan fingerprint density at radius 2 is 1.97 bits per heavy atom. The van der Waals surface area contributed by atoms with E-state index >= 15 is 0 Å². The fourth-order valence-corrected chi connectivity index (χ4v) is 4.25. The molecule has 0 spiro atoms. The van der Waals surface area contributed by atoms with Gasteiger partial charge in [0.15, 0.2) is 17.1 Å². The minimum Gasteiger partial charge on any atom is -0.483 e. The van der Waals surface area contributed by atoms with E-state index in [1.165, 1.54) is 11.8 Å². The molecule has 0 saturated carbocycles. The monoisotopic (exact) mass is 470 g/mol. The Morgan fingerprint density at radius 3 is 2.66 bits per heavy atom. The molecule has 1 heterocycles. The average molecular weight is 471 g/mol. The third-order valence-electron chi connectivity index (χ3n) is 4.80. The minimum atomic E-state index is -0.319. The lowest BCUT2D eigenvalue weighted by Gasteiger charge is -2.16. The summed E-state index contributed by atoms with van der Waals surface area (Å²) in [7, 11) is 0. The molecule has 1 N–H and O–H groups in total. The van der Waals surface area contributed by atoms with E-state index in [9.17, 15) is 4.79 Å². The number of thioether (sulfide) groups is 1. The summed E-state index contributed by atoms with van der Waals surface area (Å²) in [6, 6.07) is 11.5. The van der Waals surface area contributed by atoms with Gasteiger partial charge in [0.2, 0.25) is 5.91 Å². The maximum Gasteiger partial charge on any atom is 0.234 e. The molecule has 1 aromatic heterocycles. The van der Waals surface area contributed by atoms with Gasteiger partial charge in [-0.2, -0.15) is 0 Å². The van der Waals surface area contributed by atoms with Crippen LogP contribution in [0.25, 0.3) is 0 Å². The smallest absolute Gasteiger partial charge is 0.234 e. The van der Waals surface area contributed by atoms with Crippen molar-refractivity contribution in [2.45, 2.75) is 45.5 Å². The van der Waals surface area contributed by atoms with Crippen LogP contribution in [0.3, 0.4) is 0 Å². The topological polar surface area (TPSA) is 69.0 Å². The van der Waals surface area contributed by atoms with E-state index < -0.39 is 0 Å². The fraction of sp³-hybridized carbons (Fsp3) is 0.292. The molecule has 0 radical (unpaired) electrons. The van der Waals surface area contributed by atoms with E-state index in [-0.39, 0.29) is 17.8 Å². The molecule has 0 aliphatic heterocycles. The molecule has 0 fully saturated rings. The molecule has 6 nitrogen and oxygen atoms in total. The van der Waals surface area contributed by atoms with Crippen molar-refractivity contribution in [1.29, 1.82) is 0 Å². The Balaban J connectivity index is 1.70. The summed E-state index contributed by atoms with van der Waals surface area (Å²) >= 11 is 7.45. The van der Waals surface area contributed by atoms with E-state index in [1.54, 1.807) is 12.1 Å². The van der Waals surface area contributed by atoms with Gasteiger partial charge in [0.25, 0.3) is 0 Å². The highest BCUT2D eigenvalue weighted by Crippen LogP contribution is 2.27. The number of anilines is 1. The van der Waals surface area contributed by atoms with Crippen LogP contribution in [0, 0.1) is 20.8 Å². The van der Waals surface area contributed by atoms with Gasteiger partial charge < -0.3 is 10.1 Å². The van der Waals surface area contributed by atoms with Crippen LogP contribution in [0.5, 0.6) is 5.75 Å². The Kier molecular flexibility index (Phi) is 7.99. The number of rotatable bonds is 9. The van der Waals surface area contributed by atoms with E-state index in [2.05, 4.69) is 28.2 Å². The second-order valence-corrected chi connectivity index (χ2v) is 8.92. The number of aryl methyl sites for hydroxylation is 2. The first-order valence-corrected chi connectivity index (χ1v) is 11.6. The first-order chi connectivity index (χ1) is 15.3. The second kappa shape index (κ2) is 10.7. The molecule has 0 aliphatic carbocycles. The van der Waals surface area contributed by atoms with Crippen molar-refractivity contribution in [3.63, 3.8) is 0 Å². The van der Waals surface area contributed by atoms with E-state index in [1.807, 2.05) is 56.5 Å². The van der Waals surface area contributed by atoms with E-state index in [0.29, 0.717) is 28.2 Å². The van der Waals surface area contributed by atoms with E-state index in [0.717, 1.165) is 22.4 Å². The zero-order valence-electron chi connectivity index (χ0n) is 18.7. The summed E-state index contributed by atoms with van der Waals surface area (Å²) in [4.78, 5) is 12.5. The summed E-state index contributed by atoms with van der Waals surface area (Å²) in [5.41, 5.74) is 3.81. The number of allylic oxidation sites excluding steroid dienone is 1. The van der Waals surface area contributed by atoms with Gasteiger partial charge in [-0.1, -0.05) is 41.6 Å². The van der Waals surface area contributed by atoms with Crippen molar-refractivity contribution in [3.8, 4) is 5.75 Å². The number of ether oxygens (including phenoxy) is 1. The number of carbonyl (C=O) groups excluding carboxylic acids is 1. The van der Waals surface area contributed by atoms with Crippen molar-refractivity contribution < 1.29 is 9.53 Å². The number of halogens is 1. The first-order valence-electron chi connectivity index (χ1n) is 10.2. The van der Waals surface area contributed by atoms with Crippen molar-refractivity contribution in [1.82, 2.24) is 14.8 Å². The fourth-order valence-electron chi connectivity index (χ4n) is 3.33. The van der Waals surface area contributed by atoms with Gasteiger partial charge in [0, 0.05) is 17.3 Å². The highest BCUT2D eigenvalue weighted by Gasteiger charge is 2.20. The van der Waals surface area contributed by atoms with Crippen molar-refractivity contribution in [2.75, 3.05) is 11.1 Å². The third kappa shape index (κ3) is 5.93. The van der Waals surface area contributed by atoms with Gasteiger partial charge in [0.1, 0.15) is 5.75 Å². The normalized spacial score (nSPS) is 11.8. The number of nitrogens with zero attached hydrogens (tertiary/aromatic N) is 3. The van der Waals surface area contributed by atoms with Gasteiger partial charge in [-0.3, -0.25) is 9.36 Å². The summed E-state index contributed by atoms with van der Waals surface area (Å²) < 4.78 is 8.05. The lowest BCUT2D eigenvalue weighted by atomic mass is 10.1. The Hall–Kier alpha value is -2.77. The number of hydrogen-bond donors (Lipinski definition) is 1. The van der Waals surface area contributed by atoms with Crippen LogP contribution >= 0.6 is 23.4 Å². The van der Waals surface area contributed by atoms with Crippen LogP contribution < -0.4 is 10.1 Å². The third-order valence-corrected chi connectivity index (χ3v) is 6.18. The minimum absolute atomic E-state index is 0.144. The average Bonchev–Trinajstić information content (AvgIpc) is 3.12. The molecule has 0 saturated heterocycles. The van der Waals surface area contributed by atoms with Crippen LogP contribution in [-0.4, -0.2) is 26.4 Å². The van der Waals surface area contributed by atoms with Crippen LogP contribution in [0.1, 0.15) is 35.5 Å². The lowest BCUT2D eigenvalue weighted by Crippen LogP contribution is -2.16. The van der Waals surface area contributed by atoms with Gasteiger partial charge in [-0.05, 0) is 68.7 Å². The maximum atomic E-state index is 12.5. The molecule has 1 atom stereocenters. The molecule has 1 unspecified atom stereocenters. The highest BCUT2D eigenvalue weighted by molar-refractivity contribution is 7.99. The summed E-state index contributed by atoms with van der Waals surface area (Å²) in [5.74, 6) is 1.51. The SMILES string of the molecule is C=CCn1c(SCC(=O)Nc2cccc(Cl)c2C)nnc1C(C)Oc1cc(C)cc(C)c1. The second-order valence-electron chi connectivity index (χ2n) is 7.57. The van der Waals surface area contributed by atoms with Gasteiger partial charge in [-0.25, -0.2) is 0 Å². The van der Waals surface area contributed by atoms with Crippen LogP contribution in [0.2, 0.25) is 5.02 Å². The van der Waals surface area contributed by atoms with Crippen LogP contribution in [0.15, 0.2) is 54.2 Å². The molecule has 8 heteroatoms. The molecule has 3 rings (SSSR count). The number of hydrogen-bond acceptors (Lipinski definition) is 5. The summed E-state index contributed by atoms with van der Waals surface area (Å²) in [6.07, 6.45) is 1.46. The molecule has 2 aromatic carbocycles. The van der Waals surface area contributed by atoms with Gasteiger partial charge >= 0.3 is 0 Å². The lowest BCUT2D eigenvalue weighted by molar-refractivity contribution is -0.113. The largest absolute Gasteiger partial charge is 0.483 e. The van der Waals surface area contributed by atoms with Crippen molar-refractivity contribution >= 4 is 35.0 Å². The van der Waals surface area contributed by atoms with Crippen molar-refractivity contribution in [3.05, 3.63) is 76.6 Å². The van der Waals surface area contributed by atoms with Crippen LogP contribution in [0.4, 0.5) is 5.69 Å². The predicted molar refractivity (Wildman–Crippen MR) is 131 cm³/mol. The predicted octanol–water partition coefficient (Wildman–Crippen LogP) is 5.91. The number of benzene rings is 2. The number of amides is 1. The first kappa shape index (κ1) is 23.9. The molecule has 0 bridgehead atoms. The molecule has 1 amide bonds. The molecule has 0 aliphatic rings. The Morgan fingerprint density at radius 1 is 1.25 bits per heavy atom. The molecule has 32 heavy (non-hydrogen) atoms. The number of carbonyl (C=O) groups is 1. The summed E-state index contributed by atoms with van der Waals surface area (Å²) in [5, 5.41) is 12.8. The Bertz CT molecular complexity index is 1110. The van der Waals surface area contributed by atoms with Gasteiger partial charge in [-0.15, -0.1) is 16.8 Å². The number of nitrogens with one attached hydrogen (secondary N) is 1. The van der Waals surface area contributed by atoms with Crippen LogP contribution in [-0.2, 0) is 11.3 Å². The molecule has 168 valence electrons. The maximum absolute atomic E-state index is 12.5. The standard InChI is InChI=1S/C24H27ClN4O2S/c1-6-10-29-23(18(5)31-19-12-15(2)11-16(3)13-19)27-28-24(29)32-14-22(30)26-21-9-7-8-20(25)17(21)4/h6-9,11-13,18H,1,10,14H2,2-5H3,(H,26,30). The zero-order chi connectivity index (χ0) is 23.3. The Labute approximate surface area is 198 Å². The number of aromatic nitrogens is 3. The quantitative estimate of drug-likeness (QED) is 0.311. The molecular formula is C24H27ClN4O2S. The molecular weight excluding hydrogens is 444 g/mol. The van der Waals surface area contributed by atoms with E-state index in [4.69, 9.17) is 16.3 Å².